The van der Waals surface area contributed by atoms with Crippen molar-refractivity contribution in [2.75, 3.05) is 6.61 Å². The first-order valence-corrected chi connectivity index (χ1v) is 9.79. The summed E-state index contributed by atoms with van der Waals surface area (Å²) in [6.45, 7) is 0.733. The zero-order valence-corrected chi connectivity index (χ0v) is 15.5. The van der Waals surface area contributed by atoms with E-state index < -0.39 is 5.97 Å². The summed E-state index contributed by atoms with van der Waals surface area (Å²) in [5.74, 6) is 0.960. The molecule has 2 saturated heterocycles. The van der Waals surface area contributed by atoms with E-state index in [4.69, 9.17) is 14.6 Å². The summed E-state index contributed by atoms with van der Waals surface area (Å²) in [7, 11) is 0. The van der Waals surface area contributed by atoms with Gasteiger partial charge < -0.3 is 14.6 Å². The molecule has 2 aliphatic heterocycles. The summed E-state index contributed by atoms with van der Waals surface area (Å²) in [5.41, 5.74) is 1.15. The van der Waals surface area contributed by atoms with Crippen LogP contribution >= 0.6 is 0 Å². The molecule has 0 radical (unpaired) electrons. The van der Waals surface area contributed by atoms with Crippen molar-refractivity contribution in [3.05, 3.63) is 60.2 Å². The molecular formula is C23H26O4. The fourth-order valence-corrected chi connectivity index (χ4v) is 4.54. The molecule has 5 rings (SSSR count). The van der Waals surface area contributed by atoms with Crippen LogP contribution in [0, 0.1) is 5.41 Å². The Bertz CT molecular complexity index is 775. The van der Waals surface area contributed by atoms with E-state index in [0.717, 1.165) is 56.6 Å². The Hall–Kier alpha value is -2.33. The molecule has 0 amide bonds. The number of aliphatic carboxylic acids is 1. The lowest BCUT2D eigenvalue weighted by Crippen LogP contribution is -2.49. The van der Waals surface area contributed by atoms with E-state index in [-0.39, 0.29) is 17.4 Å². The van der Waals surface area contributed by atoms with Crippen LogP contribution in [0.2, 0.25) is 0 Å². The molecule has 2 aromatic rings. The van der Waals surface area contributed by atoms with Crippen LogP contribution in [0.5, 0.6) is 11.5 Å². The highest BCUT2D eigenvalue weighted by Crippen LogP contribution is 2.55. The lowest BCUT2D eigenvalue weighted by atomic mass is 9.62. The zero-order chi connectivity index (χ0) is 18.7. The van der Waals surface area contributed by atoms with Crippen molar-refractivity contribution in [1.29, 1.82) is 0 Å². The number of carbonyl (C=O) groups is 1. The van der Waals surface area contributed by atoms with Gasteiger partial charge in [0.1, 0.15) is 11.5 Å². The number of rotatable bonds is 7. The van der Waals surface area contributed by atoms with Crippen molar-refractivity contribution < 1.29 is 19.4 Å². The lowest BCUT2D eigenvalue weighted by Gasteiger charge is -2.53. The Morgan fingerprint density at radius 3 is 2.41 bits per heavy atom. The van der Waals surface area contributed by atoms with E-state index in [0.29, 0.717) is 0 Å². The molecule has 0 spiro atoms. The van der Waals surface area contributed by atoms with Crippen LogP contribution in [0.25, 0.3) is 0 Å². The maximum absolute atomic E-state index is 10.8. The molecule has 2 aromatic carbocycles. The van der Waals surface area contributed by atoms with E-state index in [1.165, 1.54) is 5.56 Å². The smallest absolute Gasteiger partial charge is 0.303 e. The predicted octanol–water partition coefficient (Wildman–Crippen LogP) is 5.52. The van der Waals surface area contributed by atoms with Crippen LogP contribution in [-0.2, 0) is 15.1 Å². The number of hydrogen-bond donors (Lipinski definition) is 1. The van der Waals surface area contributed by atoms with Gasteiger partial charge in [-0.1, -0.05) is 30.3 Å². The standard InChI is InChI=1S/C23H26O4/c24-21(25)10-5-11-22-12-14-23(15-13-22,26-17-22)18-6-4-9-20(16-18)27-19-7-2-1-3-8-19/h1-4,6-9,16H,5,10-15,17H2,(H,24,25). The van der Waals surface area contributed by atoms with Crippen molar-refractivity contribution in [3.63, 3.8) is 0 Å². The van der Waals surface area contributed by atoms with E-state index in [1.807, 2.05) is 42.5 Å². The molecule has 1 N–H and O–H groups in total. The summed E-state index contributed by atoms with van der Waals surface area (Å²) in [6, 6.07) is 18.1. The minimum absolute atomic E-state index is 0.176. The van der Waals surface area contributed by atoms with E-state index >= 15 is 0 Å². The van der Waals surface area contributed by atoms with E-state index in [1.54, 1.807) is 0 Å². The van der Waals surface area contributed by atoms with Gasteiger partial charge in [-0.05, 0) is 73.8 Å². The molecule has 2 bridgehead atoms. The molecule has 3 fully saturated rings. The number of carboxylic acids is 1. The molecule has 142 valence electrons. The van der Waals surface area contributed by atoms with Crippen molar-refractivity contribution >= 4 is 5.97 Å². The maximum Gasteiger partial charge on any atom is 0.303 e. The molecule has 27 heavy (non-hydrogen) atoms. The second-order valence-corrected chi connectivity index (χ2v) is 7.97. The second kappa shape index (κ2) is 7.35. The fourth-order valence-electron chi connectivity index (χ4n) is 4.54. The average Bonchev–Trinajstić information content (AvgIpc) is 2.70. The van der Waals surface area contributed by atoms with Crippen LogP contribution < -0.4 is 4.74 Å². The molecule has 4 nitrogen and oxygen atoms in total. The number of hydrogen-bond acceptors (Lipinski definition) is 3. The molecule has 4 heteroatoms. The summed E-state index contributed by atoms with van der Waals surface area (Å²) in [5, 5.41) is 8.89. The third-order valence-electron chi connectivity index (χ3n) is 6.21. The van der Waals surface area contributed by atoms with Crippen LogP contribution in [-0.4, -0.2) is 17.7 Å². The van der Waals surface area contributed by atoms with Crippen LogP contribution in [0.1, 0.15) is 50.5 Å². The first-order chi connectivity index (χ1) is 13.1. The Labute approximate surface area is 160 Å². The second-order valence-electron chi connectivity index (χ2n) is 7.97. The molecule has 1 aliphatic carbocycles. The maximum atomic E-state index is 10.8. The van der Waals surface area contributed by atoms with Crippen LogP contribution in [0.3, 0.4) is 0 Å². The largest absolute Gasteiger partial charge is 0.481 e. The topological polar surface area (TPSA) is 55.8 Å². The Balaban J connectivity index is 1.44. The molecule has 3 aliphatic rings. The van der Waals surface area contributed by atoms with Gasteiger partial charge in [0.15, 0.2) is 0 Å². The number of ether oxygens (including phenoxy) is 2. The molecule has 0 aromatic heterocycles. The zero-order valence-electron chi connectivity index (χ0n) is 15.5. The lowest BCUT2D eigenvalue weighted by molar-refractivity contribution is -0.192. The van der Waals surface area contributed by atoms with Gasteiger partial charge in [0.25, 0.3) is 0 Å². The Kier molecular flexibility index (Phi) is 4.92. The van der Waals surface area contributed by atoms with Gasteiger partial charge in [-0.3, -0.25) is 4.79 Å². The number of fused-ring (bicyclic) bond motifs is 3. The van der Waals surface area contributed by atoms with Crippen molar-refractivity contribution in [2.45, 2.75) is 50.5 Å². The van der Waals surface area contributed by atoms with Gasteiger partial charge in [-0.15, -0.1) is 0 Å². The molecule has 0 unspecified atom stereocenters. The molecular weight excluding hydrogens is 340 g/mol. The third-order valence-corrected chi connectivity index (χ3v) is 6.21. The first kappa shape index (κ1) is 18.1. The van der Waals surface area contributed by atoms with Gasteiger partial charge in [0, 0.05) is 6.42 Å². The Morgan fingerprint density at radius 2 is 1.74 bits per heavy atom. The third kappa shape index (κ3) is 3.86. The molecule has 1 saturated carbocycles. The average molecular weight is 366 g/mol. The predicted molar refractivity (Wildman–Crippen MR) is 103 cm³/mol. The van der Waals surface area contributed by atoms with Crippen molar-refractivity contribution in [2.24, 2.45) is 5.41 Å². The van der Waals surface area contributed by atoms with Gasteiger partial charge in [0.05, 0.1) is 12.2 Å². The van der Waals surface area contributed by atoms with Gasteiger partial charge in [-0.2, -0.15) is 0 Å². The first-order valence-electron chi connectivity index (χ1n) is 9.79. The summed E-state index contributed by atoms with van der Waals surface area (Å²) in [4.78, 5) is 10.8. The minimum atomic E-state index is -0.705. The van der Waals surface area contributed by atoms with E-state index in [2.05, 4.69) is 12.1 Å². The van der Waals surface area contributed by atoms with Crippen LogP contribution in [0.15, 0.2) is 54.6 Å². The highest BCUT2D eigenvalue weighted by molar-refractivity contribution is 5.66. The van der Waals surface area contributed by atoms with E-state index in [9.17, 15) is 4.79 Å². The number of carboxylic acid groups (broad SMARTS) is 1. The minimum Gasteiger partial charge on any atom is -0.481 e. The van der Waals surface area contributed by atoms with Crippen LogP contribution in [0.4, 0.5) is 0 Å². The SMILES string of the molecule is O=C(O)CCCC12CCC(c3cccc(Oc4ccccc4)c3)(CC1)OC2. The fraction of sp³-hybridized carbons (Fsp3) is 0.435. The van der Waals surface area contributed by atoms with Gasteiger partial charge in [-0.25, -0.2) is 0 Å². The van der Waals surface area contributed by atoms with Crippen molar-refractivity contribution in [1.82, 2.24) is 0 Å². The van der Waals surface area contributed by atoms with Crippen molar-refractivity contribution in [3.8, 4) is 11.5 Å². The Morgan fingerprint density at radius 1 is 1.00 bits per heavy atom. The summed E-state index contributed by atoms with van der Waals surface area (Å²) in [6.07, 6.45) is 6.15. The quantitative estimate of drug-likeness (QED) is 0.701. The highest BCUT2D eigenvalue weighted by atomic mass is 16.5. The van der Waals surface area contributed by atoms with Gasteiger partial charge >= 0.3 is 5.97 Å². The normalized spacial score (nSPS) is 26.7. The highest BCUT2D eigenvalue weighted by Gasteiger charge is 2.50. The molecule has 0 atom stereocenters. The summed E-state index contributed by atoms with van der Waals surface area (Å²) < 4.78 is 12.4. The number of para-hydroxylation sites is 1. The molecule has 2 heterocycles. The monoisotopic (exact) mass is 366 g/mol. The number of benzene rings is 2. The van der Waals surface area contributed by atoms with Gasteiger partial charge in [0.2, 0.25) is 0 Å². The summed E-state index contributed by atoms with van der Waals surface area (Å²) >= 11 is 0.